The second-order valence-electron chi connectivity index (χ2n) is 2.82. The van der Waals surface area contributed by atoms with Crippen LogP contribution in [-0.4, -0.2) is 16.2 Å². The molecule has 0 amide bonds. The lowest BCUT2D eigenvalue weighted by Gasteiger charge is -2.02. The first kappa shape index (κ1) is 7.04. The second-order valence-corrected chi connectivity index (χ2v) is 2.82. The Labute approximate surface area is 70.2 Å². The molecular formula is C8H8N4. The Bertz CT molecular complexity index is 324. The zero-order chi connectivity index (χ0) is 8.39. The molecule has 0 bridgehead atoms. The van der Waals surface area contributed by atoms with Crippen LogP contribution in [0.3, 0.4) is 0 Å². The molecular weight excluding hydrogens is 152 g/mol. The Morgan fingerprint density at radius 2 is 2.42 bits per heavy atom. The number of nitrogens with one attached hydrogen (secondary N) is 1. The molecule has 0 aromatic carbocycles. The summed E-state index contributed by atoms with van der Waals surface area (Å²) in [6.45, 7) is 0. The average molecular weight is 160 g/mol. The van der Waals surface area contributed by atoms with E-state index in [0.717, 1.165) is 0 Å². The highest BCUT2D eigenvalue weighted by atomic mass is 15.2. The lowest BCUT2D eigenvalue weighted by Crippen LogP contribution is -2.05. The molecule has 1 N–H and O–H groups in total. The monoisotopic (exact) mass is 160 g/mol. The number of nitrogens with zero attached hydrogens (tertiary/aromatic N) is 3. The van der Waals surface area contributed by atoms with E-state index in [2.05, 4.69) is 21.6 Å². The molecule has 4 nitrogen and oxygen atoms in total. The summed E-state index contributed by atoms with van der Waals surface area (Å²) in [7, 11) is 0. The molecule has 1 aromatic rings. The fourth-order valence-corrected chi connectivity index (χ4v) is 0.950. The van der Waals surface area contributed by atoms with E-state index in [9.17, 15) is 0 Å². The third-order valence-corrected chi connectivity index (χ3v) is 1.76. The maximum atomic E-state index is 8.69. The minimum atomic E-state index is 0.508. The summed E-state index contributed by atoms with van der Waals surface area (Å²) in [5, 5.41) is 19.4. The molecule has 1 saturated carbocycles. The lowest BCUT2D eigenvalue weighted by molar-refractivity contribution is 0.993. The van der Waals surface area contributed by atoms with Crippen molar-refractivity contribution in [3.8, 4) is 6.07 Å². The third-order valence-electron chi connectivity index (χ3n) is 1.76. The summed E-state index contributed by atoms with van der Waals surface area (Å²) >= 11 is 0. The molecule has 0 atom stereocenters. The number of rotatable bonds is 2. The average Bonchev–Trinajstić information content (AvgIpc) is 2.89. The second kappa shape index (κ2) is 2.78. The maximum Gasteiger partial charge on any atom is 0.166 e. The number of nitriles is 1. The van der Waals surface area contributed by atoms with Crippen molar-refractivity contribution in [1.82, 2.24) is 10.2 Å². The summed E-state index contributed by atoms with van der Waals surface area (Å²) in [6.07, 6.45) is 3.86. The number of hydrogen-bond donors (Lipinski definition) is 1. The molecule has 60 valence electrons. The largest absolute Gasteiger partial charge is 0.365 e. The molecule has 0 spiro atoms. The van der Waals surface area contributed by atoms with Crippen LogP contribution in [0.4, 0.5) is 5.82 Å². The van der Waals surface area contributed by atoms with Crippen molar-refractivity contribution in [2.24, 2.45) is 0 Å². The van der Waals surface area contributed by atoms with Gasteiger partial charge >= 0.3 is 0 Å². The molecule has 0 aliphatic heterocycles. The van der Waals surface area contributed by atoms with Crippen molar-refractivity contribution >= 4 is 5.82 Å². The van der Waals surface area contributed by atoms with Crippen molar-refractivity contribution in [1.29, 1.82) is 5.26 Å². The number of anilines is 1. The molecule has 12 heavy (non-hydrogen) atoms. The van der Waals surface area contributed by atoms with Crippen molar-refractivity contribution in [3.63, 3.8) is 0 Å². The van der Waals surface area contributed by atoms with Crippen LogP contribution in [0.1, 0.15) is 18.4 Å². The first-order valence-electron chi connectivity index (χ1n) is 3.88. The van der Waals surface area contributed by atoms with Crippen LogP contribution in [0.15, 0.2) is 12.3 Å². The zero-order valence-electron chi connectivity index (χ0n) is 6.49. The Kier molecular flexibility index (Phi) is 1.63. The summed E-state index contributed by atoms with van der Waals surface area (Å²) in [4.78, 5) is 0. The van der Waals surface area contributed by atoms with E-state index in [1.807, 2.05) is 0 Å². The van der Waals surface area contributed by atoms with Crippen molar-refractivity contribution in [3.05, 3.63) is 17.8 Å². The van der Waals surface area contributed by atoms with Gasteiger partial charge in [0, 0.05) is 6.04 Å². The van der Waals surface area contributed by atoms with E-state index in [1.54, 1.807) is 6.07 Å². The Morgan fingerprint density at radius 1 is 1.58 bits per heavy atom. The molecule has 0 radical (unpaired) electrons. The summed E-state index contributed by atoms with van der Waals surface area (Å²) in [5.74, 6) is 0.613. The highest BCUT2D eigenvalue weighted by molar-refractivity contribution is 5.51. The Morgan fingerprint density at radius 3 is 3.08 bits per heavy atom. The van der Waals surface area contributed by atoms with Gasteiger partial charge in [-0.2, -0.15) is 10.4 Å². The van der Waals surface area contributed by atoms with Crippen molar-refractivity contribution < 1.29 is 0 Å². The topological polar surface area (TPSA) is 61.6 Å². The van der Waals surface area contributed by atoms with Gasteiger partial charge in [0.05, 0.1) is 11.8 Å². The van der Waals surface area contributed by atoms with E-state index >= 15 is 0 Å². The van der Waals surface area contributed by atoms with Gasteiger partial charge in [0.15, 0.2) is 5.82 Å². The van der Waals surface area contributed by atoms with E-state index in [0.29, 0.717) is 17.4 Å². The Hall–Kier alpha value is -1.63. The minimum Gasteiger partial charge on any atom is -0.365 e. The first-order valence-corrected chi connectivity index (χ1v) is 3.88. The maximum absolute atomic E-state index is 8.69. The normalized spacial score (nSPS) is 15.2. The van der Waals surface area contributed by atoms with Gasteiger partial charge in [-0.15, -0.1) is 5.10 Å². The van der Waals surface area contributed by atoms with Crippen molar-refractivity contribution in [2.45, 2.75) is 18.9 Å². The quantitative estimate of drug-likeness (QED) is 0.698. The first-order chi connectivity index (χ1) is 5.90. The summed E-state index contributed by atoms with van der Waals surface area (Å²) in [6, 6.07) is 4.24. The lowest BCUT2D eigenvalue weighted by atomic mass is 10.3. The molecule has 1 aliphatic rings. The van der Waals surface area contributed by atoms with Gasteiger partial charge in [0.25, 0.3) is 0 Å². The van der Waals surface area contributed by atoms with Crippen LogP contribution < -0.4 is 5.32 Å². The predicted octanol–water partition coefficient (Wildman–Crippen LogP) is 0.923. The SMILES string of the molecule is N#Cc1ccnnc1NC1CC1. The smallest absolute Gasteiger partial charge is 0.166 e. The van der Waals surface area contributed by atoms with E-state index in [1.165, 1.54) is 19.0 Å². The van der Waals surface area contributed by atoms with Gasteiger partial charge in [-0.25, -0.2) is 0 Å². The van der Waals surface area contributed by atoms with Gasteiger partial charge in [-0.05, 0) is 18.9 Å². The van der Waals surface area contributed by atoms with E-state index in [-0.39, 0.29) is 0 Å². The van der Waals surface area contributed by atoms with E-state index < -0.39 is 0 Å². The molecule has 1 fully saturated rings. The van der Waals surface area contributed by atoms with Gasteiger partial charge in [-0.1, -0.05) is 0 Å². The molecule has 0 saturated heterocycles. The molecule has 1 heterocycles. The summed E-state index contributed by atoms with van der Waals surface area (Å²) < 4.78 is 0. The highest BCUT2D eigenvalue weighted by Gasteiger charge is 2.22. The molecule has 2 rings (SSSR count). The fourth-order valence-electron chi connectivity index (χ4n) is 0.950. The van der Waals surface area contributed by atoms with Crippen LogP contribution in [0.2, 0.25) is 0 Å². The van der Waals surface area contributed by atoms with Crippen LogP contribution in [0.5, 0.6) is 0 Å². The molecule has 1 aromatic heterocycles. The highest BCUT2D eigenvalue weighted by Crippen LogP contribution is 2.24. The van der Waals surface area contributed by atoms with Crippen molar-refractivity contribution in [2.75, 3.05) is 5.32 Å². The fraction of sp³-hybridized carbons (Fsp3) is 0.375. The van der Waals surface area contributed by atoms with Crippen LogP contribution in [0, 0.1) is 11.3 Å². The minimum absolute atomic E-state index is 0.508. The number of hydrogen-bond acceptors (Lipinski definition) is 4. The van der Waals surface area contributed by atoms with Gasteiger partial charge in [0.1, 0.15) is 6.07 Å². The molecule has 1 aliphatic carbocycles. The molecule has 0 unspecified atom stereocenters. The number of aromatic nitrogens is 2. The van der Waals surface area contributed by atoms with Gasteiger partial charge < -0.3 is 5.32 Å². The van der Waals surface area contributed by atoms with Gasteiger partial charge in [0.2, 0.25) is 0 Å². The Balaban J connectivity index is 2.22. The zero-order valence-corrected chi connectivity index (χ0v) is 6.49. The predicted molar refractivity (Wildman–Crippen MR) is 43.4 cm³/mol. The van der Waals surface area contributed by atoms with Crippen LogP contribution in [-0.2, 0) is 0 Å². The third kappa shape index (κ3) is 1.35. The summed E-state index contributed by atoms with van der Waals surface area (Å²) in [5.41, 5.74) is 0.567. The molecule has 4 heteroatoms. The van der Waals surface area contributed by atoms with Gasteiger partial charge in [-0.3, -0.25) is 0 Å². The standard InChI is InChI=1S/C8H8N4/c9-5-6-3-4-10-12-8(6)11-7-1-2-7/h3-4,7H,1-2H2,(H,11,12). The van der Waals surface area contributed by atoms with Crippen LogP contribution >= 0.6 is 0 Å². The van der Waals surface area contributed by atoms with E-state index in [4.69, 9.17) is 5.26 Å². The van der Waals surface area contributed by atoms with Crippen LogP contribution in [0.25, 0.3) is 0 Å².